The molecule has 0 radical (unpaired) electrons. The van der Waals surface area contributed by atoms with Crippen LogP contribution in [0.15, 0.2) is 48.5 Å². The summed E-state index contributed by atoms with van der Waals surface area (Å²) in [6.45, 7) is 1.29. The van der Waals surface area contributed by atoms with Gasteiger partial charge in [-0.05, 0) is 92.7 Å². The lowest BCUT2D eigenvalue weighted by atomic mass is 9.66. The van der Waals surface area contributed by atoms with Crippen molar-refractivity contribution in [3.8, 4) is 0 Å². The second-order valence-electron chi connectivity index (χ2n) is 13.1. The monoisotopic (exact) mass is 611 g/mol. The van der Waals surface area contributed by atoms with Gasteiger partial charge in [0.15, 0.2) is 5.78 Å². The van der Waals surface area contributed by atoms with Crippen LogP contribution in [0.5, 0.6) is 0 Å². The Bertz CT molecular complexity index is 1420. The lowest BCUT2D eigenvalue weighted by Crippen LogP contribution is -2.56. The molecule has 4 atom stereocenters. The topological polar surface area (TPSA) is 95.6 Å². The van der Waals surface area contributed by atoms with Crippen LogP contribution >= 0.6 is 11.6 Å². The summed E-state index contributed by atoms with van der Waals surface area (Å²) in [6.07, 6.45) is 10.3. The number of hydrogen-bond acceptors (Lipinski definition) is 5. The van der Waals surface area contributed by atoms with Gasteiger partial charge in [0, 0.05) is 22.9 Å². The Balaban J connectivity index is 1.17. The molecule has 2 aliphatic heterocycles. The predicted octanol–water partition coefficient (Wildman–Crippen LogP) is 5.01. The summed E-state index contributed by atoms with van der Waals surface area (Å²) in [5, 5.41) is 7.29. The van der Waals surface area contributed by atoms with Gasteiger partial charge in [-0.1, -0.05) is 61.2 Å². The Morgan fingerprint density at radius 1 is 1.02 bits per heavy atom. The number of benzene rings is 2. The first-order valence-electron chi connectivity index (χ1n) is 15.5. The Morgan fingerprint density at radius 2 is 1.71 bits per heavy atom. The largest absolute Gasteiger partial charge is 0.345 e. The van der Waals surface area contributed by atoms with Gasteiger partial charge in [0.2, 0.25) is 15.9 Å². The normalized spacial score (nSPS) is 29.9. The smallest absolute Gasteiger partial charge is 0.237 e. The van der Waals surface area contributed by atoms with Gasteiger partial charge < -0.3 is 10.6 Å². The van der Waals surface area contributed by atoms with Crippen molar-refractivity contribution in [2.24, 2.45) is 17.8 Å². The number of piperidine rings is 1. The van der Waals surface area contributed by atoms with E-state index in [1.807, 2.05) is 48.5 Å². The van der Waals surface area contributed by atoms with E-state index in [1.165, 1.54) is 36.2 Å². The predicted molar refractivity (Wildman–Crippen MR) is 166 cm³/mol. The second kappa shape index (κ2) is 11.9. The Hall–Kier alpha value is -2.42. The first-order chi connectivity index (χ1) is 20.1. The van der Waals surface area contributed by atoms with E-state index in [1.54, 1.807) is 0 Å². The summed E-state index contributed by atoms with van der Waals surface area (Å²) >= 11 is 6.12. The molecular formula is C33H42ClN3O4S. The third-order valence-electron chi connectivity index (χ3n) is 10.5. The van der Waals surface area contributed by atoms with Crippen LogP contribution in [0.2, 0.25) is 5.02 Å². The molecule has 1 amide bonds. The van der Waals surface area contributed by atoms with E-state index in [-0.39, 0.29) is 29.1 Å². The number of anilines is 1. The number of carbonyl (C=O) groups excluding carboxylic acids is 2. The molecule has 2 aromatic carbocycles. The third-order valence-corrected chi connectivity index (χ3v) is 11.9. The van der Waals surface area contributed by atoms with Gasteiger partial charge in [0.05, 0.1) is 24.0 Å². The molecule has 2 aliphatic carbocycles. The highest BCUT2D eigenvalue weighted by atomic mass is 35.5. The molecule has 0 bridgehead atoms. The zero-order valence-corrected chi connectivity index (χ0v) is 25.9. The van der Waals surface area contributed by atoms with Gasteiger partial charge in [-0.3, -0.25) is 13.9 Å². The Morgan fingerprint density at radius 3 is 2.43 bits per heavy atom. The SMILES string of the molecule is CS(=O)(=O)N1CC2(CCC(C(=O)[C@@H](Cc3ccc(Cl)cc3)NC(=O)C3CC4CCCCC4CN3)CC2)c2ccccc21. The first-order valence-corrected chi connectivity index (χ1v) is 17.7. The maximum Gasteiger partial charge on any atom is 0.237 e. The number of carbonyl (C=O) groups is 2. The molecule has 2 saturated carbocycles. The van der Waals surface area contributed by atoms with Crippen molar-refractivity contribution < 1.29 is 18.0 Å². The maximum absolute atomic E-state index is 14.1. The molecule has 42 heavy (non-hydrogen) atoms. The van der Waals surface area contributed by atoms with Gasteiger partial charge in [-0.15, -0.1) is 0 Å². The Kier molecular flexibility index (Phi) is 8.42. The van der Waals surface area contributed by atoms with Crippen molar-refractivity contribution in [2.45, 2.75) is 81.7 Å². The summed E-state index contributed by atoms with van der Waals surface area (Å²) in [5.74, 6) is 1.05. The number of rotatable bonds is 7. The van der Waals surface area contributed by atoms with Crippen LogP contribution in [0.1, 0.15) is 68.9 Å². The van der Waals surface area contributed by atoms with Crippen molar-refractivity contribution in [2.75, 3.05) is 23.7 Å². The molecule has 2 N–H and O–H groups in total. The van der Waals surface area contributed by atoms with E-state index in [0.29, 0.717) is 42.7 Å². The van der Waals surface area contributed by atoms with Crippen LogP contribution < -0.4 is 14.9 Å². The van der Waals surface area contributed by atoms with Gasteiger partial charge in [-0.2, -0.15) is 0 Å². The van der Waals surface area contributed by atoms with E-state index in [9.17, 15) is 18.0 Å². The van der Waals surface area contributed by atoms with Gasteiger partial charge >= 0.3 is 0 Å². The van der Waals surface area contributed by atoms with Crippen molar-refractivity contribution in [3.63, 3.8) is 0 Å². The van der Waals surface area contributed by atoms with Crippen LogP contribution in [-0.2, 0) is 31.4 Å². The highest BCUT2D eigenvalue weighted by Gasteiger charge is 2.48. The van der Waals surface area contributed by atoms with Gasteiger partial charge in [-0.25, -0.2) is 8.42 Å². The highest BCUT2D eigenvalue weighted by Crippen LogP contribution is 2.51. The molecule has 2 aromatic rings. The molecule has 6 rings (SSSR count). The van der Waals surface area contributed by atoms with Crippen LogP contribution in [0.25, 0.3) is 0 Å². The summed E-state index contributed by atoms with van der Waals surface area (Å²) < 4.78 is 26.7. The molecule has 7 nitrogen and oxygen atoms in total. The number of para-hydroxylation sites is 1. The van der Waals surface area contributed by atoms with Crippen LogP contribution in [0, 0.1) is 17.8 Å². The number of hydrogen-bond donors (Lipinski definition) is 2. The number of sulfonamides is 1. The zero-order valence-electron chi connectivity index (χ0n) is 24.4. The fourth-order valence-corrected chi connectivity index (χ4v) is 9.27. The summed E-state index contributed by atoms with van der Waals surface area (Å²) in [7, 11) is -3.40. The number of fused-ring (bicyclic) bond motifs is 3. The van der Waals surface area contributed by atoms with E-state index >= 15 is 0 Å². The van der Waals surface area contributed by atoms with Crippen molar-refractivity contribution in [1.29, 1.82) is 0 Å². The lowest BCUT2D eigenvalue weighted by Gasteiger charge is -2.40. The van der Waals surface area contributed by atoms with E-state index in [4.69, 9.17) is 11.6 Å². The number of Topliss-reactive ketones (excluding diaryl/α,β-unsaturated/α-hetero) is 1. The van der Waals surface area contributed by atoms with Crippen LogP contribution in [0.4, 0.5) is 5.69 Å². The molecule has 2 heterocycles. The first kappa shape index (κ1) is 29.6. The summed E-state index contributed by atoms with van der Waals surface area (Å²) in [5.41, 5.74) is 2.51. The van der Waals surface area contributed by atoms with Gasteiger partial charge in [0.1, 0.15) is 0 Å². The fourth-order valence-electron chi connectivity index (χ4n) is 8.14. The minimum atomic E-state index is -3.40. The molecule has 3 fully saturated rings. The minimum Gasteiger partial charge on any atom is -0.345 e. The standard InChI is InChI=1S/C33H42ClN3O4S/c1-42(40,41)37-21-33(27-8-4-5-9-30(27)37)16-14-23(15-17-33)31(38)28(18-22-10-12-26(34)13-11-22)36-32(39)29-19-24-6-2-3-7-25(24)20-35-29/h4-5,8-13,23-25,28-29,35H,2-3,6-7,14-21H2,1H3,(H,36,39)/t23?,24?,25?,28-,29?,33?/m1/s1. The third kappa shape index (κ3) is 6.00. The summed E-state index contributed by atoms with van der Waals surface area (Å²) in [6, 6.07) is 14.4. The number of nitrogens with one attached hydrogen (secondary N) is 2. The van der Waals surface area contributed by atoms with Gasteiger partial charge in [0.25, 0.3) is 0 Å². The zero-order chi connectivity index (χ0) is 29.5. The second-order valence-corrected chi connectivity index (χ2v) is 15.5. The van der Waals surface area contributed by atoms with Crippen molar-refractivity contribution >= 4 is 39.0 Å². The van der Waals surface area contributed by atoms with Crippen LogP contribution in [0.3, 0.4) is 0 Å². The average Bonchev–Trinajstić information content (AvgIpc) is 3.32. The molecule has 4 aliphatic rings. The average molecular weight is 612 g/mol. The molecule has 3 unspecified atom stereocenters. The molecule has 9 heteroatoms. The number of amides is 1. The summed E-state index contributed by atoms with van der Waals surface area (Å²) in [4.78, 5) is 27.7. The lowest BCUT2D eigenvalue weighted by molar-refractivity contribution is -0.132. The van der Waals surface area contributed by atoms with Crippen molar-refractivity contribution in [3.05, 3.63) is 64.7 Å². The van der Waals surface area contributed by atoms with E-state index in [0.717, 1.165) is 42.6 Å². The Labute approximate surface area is 254 Å². The van der Waals surface area contributed by atoms with Crippen molar-refractivity contribution in [1.82, 2.24) is 10.6 Å². The number of halogens is 1. The highest BCUT2D eigenvalue weighted by molar-refractivity contribution is 7.92. The number of ketones is 1. The molecule has 226 valence electrons. The quantitative estimate of drug-likeness (QED) is 0.459. The van der Waals surface area contributed by atoms with E-state index < -0.39 is 16.1 Å². The fraction of sp³-hybridized carbons (Fsp3) is 0.576. The minimum absolute atomic E-state index is 0.0748. The molecule has 1 spiro atoms. The van der Waals surface area contributed by atoms with Crippen LogP contribution in [-0.4, -0.2) is 51.5 Å². The molecule has 0 aromatic heterocycles. The number of nitrogens with zero attached hydrogens (tertiary/aromatic N) is 1. The van der Waals surface area contributed by atoms with E-state index in [2.05, 4.69) is 10.6 Å². The molecule has 1 saturated heterocycles. The molecular weight excluding hydrogens is 570 g/mol. The maximum atomic E-state index is 14.1.